The van der Waals surface area contributed by atoms with Crippen molar-refractivity contribution in [2.75, 3.05) is 33.1 Å². The fourth-order valence-corrected chi connectivity index (χ4v) is 3.45. The van der Waals surface area contributed by atoms with Gasteiger partial charge in [0.2, 0.25) is 0 Å². The molecule has 0 radical (unpaired) electrons. The average molecular weight is 309 g/mol. The van der Waals surface area contributed by atoms with Crippen molar-refractivity contribution >= 4 is 12.6 Å². The van der Waals surface area contributed by atoms with Gasteiger partial charge in [-0.1, -0.05) is 13.8 Å². The Morgan fingerprint density at radius 3 is 2.29 bits per heavy atom. The van der Waals surface area contributed by atoms with Crippen molar-refractivity contribution in [3.05, 3.63) is 23.3 Å². The molecule has 1 aliphatic heterocycles. The molecule has 1 unspecified atom stereocenters. The molecule has 0 N–H and O–H groups in total. The van der Waals surface area contributed by atoms with E-state index >= 15 is 0 Å². The number of thiol groups is 1. The SMILES string of the molecule is COc1cc2c(cc1OC)CN(CC(CS)C(C)C)CC2. The summed E-state index contributed by atoms with van der Waals surface area (Å²) in [6.45, 7) is 7.79. The van der Waals surface area contributed by atoms with Crippen molar-refractivity contribution in [2.24, 2.45) is 11.8 Å². The molecule has 0 saturated carbocycles. The first-order valence-electron chi connectivity index (χ1n) is 7.66. The normalized spacial score (nSPS) is 16.7. The Bertz CT molecular complexity index is 476. The Morgan fingerprint density at radius 2 is 1.76 bits per heavy atom. The molecule has 0 bridgehead atoms. The van der Waals surface area contributed by atoms with Crippen molar-refractivity contribution in [1.82, 2.24) is 4.90 Å². The second-order valence-corrected chi connectivity index (χ2v) is 6.51. The number of rotatable bonds is 6. The smallest absolute Gasteiger partial charge is 0.161 e. The highest BCUT2D eigenvalue weighted by atomic mass is 32.1. The summed E-state index contributed by atoms with van der Waals surface area (Å²) in [5, 5.41) is 0. The Hall–Kier alpha value is -0.870. The minimum Gasteiger partial charge on any atom is -0.493 e. The predicted molar refractivity (Wildman–Crippen MR) is 90.7 cm³/mol. The van der Waals surface area contributed by atoms with Crippen LogP contribution in [0, 0.1) is 11.8 Å². The first-order valence-corrected chi connectivity index (χ1v) is 8.29. The van der Waals surface area contributed by atoms with Gasteiger partial charge in [-0.3, -0.25) is 4.90 Å². The second-order valence-electron chi connectivity index (χ2n) is 6.15. The standard InChI is InChI=1S/C17H27NO2S/c1-12(2)15(11-21)10-18-6-5-13-7-16(19-3)17(20-4)8-14(13)9-18/h7-8,12,15,21H,5-6,9-11H2,1-4H3. The summed E-state index contributed by atoms with van der Waals surface area (Å²) in [7, 11) is 3.39. The molecule has 0 fully saturated rings. The quantitative estimate of drug-likeness (QED) is 0.815. The molecular weight excluding hydrogens is 282 g/mol. The van der Waals surface area contributed by atoms with E-state index in [2.05, 4.69) is 43.5 Å². The van der Waals surface area contributed by atoms with Crippen molar-refractivity contribution in [1.29, 1.82) is 0 Å². The number of nitrogens with zero attached hydrogens (tertiary/aromatic N) is 1. The highest BCUT2D eigenvalue weighted by Gasteiger charge is 2.22. The van der Waals surface area contributed by atoms with Gasteiger partial charge in [0.25, 0.3) is 0 Å². The fraction of sp³-hybridized carbons (Fsp3) is 0.647. The van der Waals surface area contributed by atoms with E-state index in [1.54, 1.807) is 14.2 Å². The molecule has 1 aromatic carbocycles. The first kappa shape index (κ1) is 16.5. The van der Waals surface area contributed by atoms with Crippen LogP contribution in [0.1, 0.15) is 25.0 Å². The summed E-state index contributed by atoms with van der Waals surface area (Å²) in [5.41, 5.74) is 2.75. The van der Waals surface area contributed by atoms with Gasteiger partial charge in [0.1, 0.15) is 0 Å². The van der Waals surface area contributed by atoms with Crippen LogP contribution >= 0.6 is 12.6 Å². The highest BCUT2D eigenvalue weighted by Crippen LogP contribution is 2.33. The lowest BCUT2D eigenvalue weighted by Crippen LogP contribution is -2.36. The highest BCUT2D eigenvalue weighted by molar-refractivity contribution is 7.80. The van der Waals surface area contributed by atoms with Crippen LogP contribution in [-0.4, -0.2) is 38.0 Å². The third kappa shape index (κ3) is 3.86. The Kier molecular flexibility index (Phi) is 5.82. The molecule has 4 heteroatoms. The van der Waals surface area contributed by atoms with E-state index < -0.39 is 0 Å². The summed E-state index contributed by atoms with van der Waals surface area (Å²) in [6.07, 6.45) is 1.08. The summed E-state index contributed by atoms with van der Waals surface area (Å²) in [5.74, 6) is 3.93. The zero-order chi connectivity index (χ0) is 15.4. The maximum atomic E-state index is 5.42. The van der Waals surface area contributed by atoms with Crippen molar-refractivity contribution in [3.63, 3.8) is 0 Å². The molecule has 21 heavy (non-hydrogen) atoms. The zero-order valence-corrected chi connectivity index (χ0v) is 14.5. The van der Waals surface area contributed by atoms with Gasteiger partial charge >= 0.3 is 0 Å². The lowest BCUT2D eigenvalue weighted by molar-refractivity contribution is 0.198. The number of hydrogen-bond donors (Lipinski definition) is 1. The third-order valence-corrected chi connectivity index (χ3v) is 4.94. The van der Waals surface area contributed by atoms with E-state index in [0.29, 0.717) is 11.8 Å². The Morgan fingerprint density at radius 1 is 1.14 bits per heavy atom. The number of methoxy groups -OCH3 is 2. The van der Waals surface area contributed by atoms with Crippen LogP contribution in [0.2, 0.25) is 0 Å². The molecule has 0 aromatic heterocycles. The van der Waals surface area contributed by atoms with Gasteiger partial charge in [-0.05, 0) is 47.3 Å². The monoisotopic (exact) mass is 309 g/mol. The second kappa shape index (κ2) is 7.41. The molecule has 1 aromatic rings. The fourth-order valence-electron chi connectivity index (χ4n) is 2.91. The molecular formula is C17H27NO2S. The molecule has 0 saturated heterocycles. The maximum absolute atomic E-state index is 5.42. The molecule has 0 spiro atoms. The third-order valence-electron chi connectivity index (χ3n) is 4.47. The van der Waals surface area contributed by atoms with Crippen LogP contribution in [0.25, 0.3) is 0 Å². The lowest BCUT2D eigenvalue weighted by Gasteiger charge is -2.33. The van der Waals surface area contributed by atoms with Gasteiger partial charge in [0.15, 0.2) is 11.5 Å². The molecule has 118 valence electrons. The van der Waals surface area contributed by atoms with Gasteiger partial charge in [-0.15, -0.1) is 0 Å². The van der Waals surface area contributed by atoms with E-state index in [-0.39, 0.29) is 0 Å². The number of benzene rings is 1. The van der Waals surface area contributed by atoms with E-state index in [9.17, 15) is 0 Å². The minimum absolute atomic E-state index is 0.648. The van der Waals surface area contributed by atoms with Crippen LogP contribution in [0.15, 0.2) is 12.1 Å². The van der Waals surface area contributed by atoms with Crippen LogP contribution in [-0.2, 0) is 13.0 Å². The van der Waals surface area contributed by atoms with E-state index in [0.717, 1.165) is 43.3 Å². The molecule has 2 rings (SSSR count). The van der Waals surface area contributed by atoms with E-state index in [1.165, 1.54) is 11.1 Å². The lowest BCUT2D eigenvalue weighted by atomic mass is 9.94. The average Bonchev–Trinajstić information content (AvgIpc) is 2.50. The Labute approximate surface area is 134 Å². The summed E-state index contributed by atoms with van der Waals surface area (Å²) >= 11 is 4.50. The molecule has 1 atom stereocenters. The largest absolute Gasteiger partial charge is 0.493 e. The summed E-state index contributed by atoms with van der Waals surface area (Å²) in [4.78, 5) is 2.54. The van der Waals surface area contributed by atoms with Crippen molar-refractivity contribution in [3.8, 4) is 11.5 Å². The minimum atomic E-state index is 0.648. The van der Waals surface area contributed by atoms with Crippen LogP contribution in [0.5, 0.6) is 11.5 Å². The van der Waals surface area contributed by atoms with Gasteiger partial charge in [0, 0.05) is 19.6 Å². The van der Waals surface area contributed by atoms with Gasteiger partial charge < -0.3 is 9.47 Å². The van der Waals surface area contributed by atoms with Crippen molar-refractivity contribution in [2.45, 2.75) is 26.8 Å². The molecule has 0 amide bonds. The predicted octanol–water partition coefficient (Wildman–Crippen LogP) is 3.26. The number of hydrogen-bond acceptors (Lipinski definition) is 4. The van der Waals surface area contributed by atoms with E-state index in [1.807, 2.05) is 0 Å². The molecule has 1 heterocycles. The van der Waals surface area contributed by atoms with Gasteiger partial charge in [0.05, 0.1) is 14.2 Å². The van der Waals surface area contributed by atoms with Crippen LogP contribution < -0.4 is 9.47 Å². The molecule has 0 aliphatic carbocycles. The van der Waals surface area contributed by atoms with Crippen LogP contribution in [0.4, 0.5) is 0 Å². The summed E-state index contributed by atoms with van der Waals surface area (Å²) < 4.78 is 10.8. The van der Waals surface area contributed by atoms with E-state index in [4.69, 9.17) is 9.47 Å². The van der Waals surface area contributed by atoms with Crippen molar-refractivity contribution < 1.29 is 9.47 Å². The van der Waals surface area contributed by atoms with Gasteiger partial charge in [-0.2, -0.15) is 12.6 Å². The molecule has 3 nitrogen and oxygen atoms in total. The topological polar surface area (TPSA) is 21.7 Å². The molecule has 1 aliphatic rings. The Balaban J connectivity index is 2.12. The number of fused-ring (bicyclic) bond motifs is 1. The first-order chi connectivity index (χ1) is 10.1. The maximum Gasteiger partial charge on any atom is 0.161 e. The van der Waals surface area contributed by atoms with Crippen LogP contribution in [0.3, 0.4) is 0 Å². The zero-order valence-electron chi connectivity index (χ0n) is 13.6. The number of ether oxygens (including phenoxy) is 2. The summed E-state index contributed by atoms with van der Waals surface area (Å²) in [6, 6.07) is 4.26. The van der Waals surface area contributed by atoms with Gasteiger partial charge in [-0.25, -0.2) is 0 Å².